The maximum absolute atomic E-state index is 12.0. The van der Waals surface area contributed by atoms with E-state index in [4.69, 9.17) is 16.3 Å². The molecule has 3 aromatic heterocycles. The first-order valence-corrected chi connectivity index (χ1v) is 9.62. The molecule has 144 valence electrons. The number of carbonyl (C=O) groups is 1. The fourth-order valence-corrected chi connectivity index (χ4v) is 3.47. The number of hydrogen-bond donors (Lipinski definition) is 1. The van der Waals surface area contributed by atoms with Gasteiger partial charge in [-0.05, 0) is 43.7 Å². The molecule has 1 amide bonds. The third kappa shape index (κ3) is 3.41. The molecule has 4 heterocycles. The summed E-state index contributed by atoms with van der Waals surface area (Å²) in [4.78, 5) is 14.1. The summed E-state index contributed by atoms with van der Waals surface area (Å²) in [7, 11) is 2.04. The van der Waals surface area contributed by atoms with Crippen LogP contribution in [0.3, 0.4) is 0 Å². The second-order valence-electron chi connectivity index (χ2n) is 7.42. The van der Waals surface area contributed by atoms with E-state index in [0.717, 1.165) is 42.6 Å². The van der Waals surface area contributed by atoms with Crippen molar-refractivity contribution in [3.63, 3.8) is 0 Å². The molecule has 9 heteroatoms. The summed E-state index contributed by atoms with van der Waals surface area (Å²) in [6, 6.07) is 7.48. The molecule has 3 aromatic rings. The summed E-state index contributed by atoms with van der Waals surface area (Å²) in [6.45, 7) is 1.71. The second kappa shape index (κ2) is 6.72. The van der Waals surface area contributed by atoms with Gasteiger partial charge in [0.2, 0.25) is 11.8 Å². The van der Waals surface area contributed by atoms with E-state index in [1.54, 1.807) is 10.6 Å². The van der Waals surface area contributed by atoms with Crippen molar-refractivity contribution in [2.75, 3.05) is 25.5 Å². The second-order valence-corrected chi connectivity index (χ2v) is 7.81. The van der Waals surface area contributed by atoms with E-state index >= 15 is 0 Å². The van der Waals surface area contributed by atoms with Crippen molar-refractivity contribution in [1.82, 2.24) is 24.7 Å². The van der Waals surface area contributed by atoms with Gasteiger partial charge in [-0.1, -0.05) is 11.6 Å². The first-order chi connectivity index (χ1) is 13.5. The minimum Gasteiger partial charge on any atom is -0.470 e. The standard InChI is InChI=1S/C19H19ClN6O2/c1-25-9-14(10-25)28-19-15(8-16(20)22-23-19)12-4-5-26-13(6-12)7-17(24-26)21-18(27)11-2-3-11/h4-8,11,14H,2-3,9-10H2,1H3,(H,21,24,27). The minimum atomic E-state index is 0.0369. The Morgan fingerprint density at radius 1 is 1.25 bits per heavy atom. The van der Waals surface area contributed by atoms with E-state index in [1.807, 2.05) is 31.4 Å². The number of fused-ring (bicyclic) bond motifs is 1. The molecular weight excluding hydrogens is 380 g/mol. The molecule has 8 nitrogen and oxygen atoms in total. The Hall–Kier alpha value is -2.71. The van der Waals surface area contributed by atoms with E-state index < -0.39 is 0 Å². The molecule has 0 atom stereocenters. The number of carbonyl (C=O) groups excluding carboxylic acids is 1. The zero-order valence-electron chi connectivity index (χ0n) is 15.3. The molecule has 1 saturated heterocycles. The van der Waals surface area contributed by atoms with Gasteiger partial charge in [-0.15, -0.1) is 10.2 Å². The molecule has 2 aliphatic rings. The summed E-state index contributed by atoms with van der Waals surface area (Å²) in [6.07, 6.45) is 3.85. The molecule has 0 bridgehead atoms. The third-order valence-electron chi connectivity index (χ3n) is 5.01. The molecule has 1 aliphatic carbocycles. The monoisotopic (exact) mass is 398 g/mol. The van der Waals surface area contributed by atoms with Crippen LogP contribution in [0, 0.1) is 5.92 Å². The first-order valence-electron chi connectivity index (χ1n) is 9.24. The summed E-state index contributed by atoms with van der Waals surface area (Å²) < 4.78 is 7.74. The van der Waals surface area contributed by atoms with Crippen molar-refractivity contribution < 1.29 is 9.53 Å². The van der Waals surface area contributed by atoms with Crippen molar-refractivity contribution in [3.05, 3.63) is 35.6 Å². The van der Waals surface area contributed by atoms with Gasteiger partial charge in [0.25, 0.3) is 0 Å². The van der Waals surface area contributed by atoms with Gasteiger partial charge in [-0.25, -0.2) is 4.52 Å². The highest BCUT2D eigenvalue weighted by Gasteiger charge is 2.30. The zero-order valence-corrected chi connectivity index (χ0v) is 16.1. The van der Waals surface area contributed by atoms with Crippen LogP contribution >= 0.6 is 11.6 Å². The molecule has 5 rings (SSSR count). The van der Waals surface area contributed by atoms with Gasteiger partial charge >= 0.3 is 0 Å². The number of amides is 1. The number of aromatic nitrogens is 4. The molecule has 1 saturated carbocycles. The van der Waals surface area contributed by atoms with Crippen molar-refractivity contribution in [2.24, 2.45) is 5.92 Å². The zero-order chi connectivity index (χ0) is 19.3. The fraction of sp³-hybridized carbons (Fsp3) is 0.368. The molecule has 0 aromatic carbocycles. The topological polar surface area (TPSA) is 84.7 Å². The maximum Gasteiger partial charge on any atom is 0.241 e. The SMILES string of the molecule is CN1CC(Oc2nnc(Cl)cc2-c2ccn3nc(NC(=O)C4CC4)cc3c2)C1. The highest BCUT2D eigenvalue weighted by molar-refractivity contribution is 6.29. The Bertz CT molecular complexity index is 1060. The molecule has 0 unspecified atom stereocenters. The van der Waals surface area contributed by atoms with E-state index in [-0.39, 0.29) is 17.9 Å². The molecule has 1 N–H and O–H groups in total. The highest BCUT2D eigenvalue weighted by atomic mass is 35.5. The van der Waals surface area contributed by atoms with Gasteiger partial charge in [-0.3, -0.25) is 9.69 Å². The predicted molar refractivity (Wildman–Crippen MR) is 104 cm³/mol. The minimum absolute atomic E-state index is 0.0369. The fourth-order valence-electron chi connectivity index (χ4n) is 3.32. The number of pyridine rings is 1. The van der Waals surface area contributed by atoms with Crippen LogP contribution in [0.25, 0.3) is 16.6 Å². The van der Waals surface area contributed by atoms with Crippen molar-refractivity contribution in [2.45, 2.75) is 18.9 Å². The van der Waals surface area contributed by atoms with E-state index in [9.17, 15) is 4.79 Å². The molecule has 28 heavy (non-hydrogen) atoms. The van der Waals surface area contributed by atoms with Crippen LogP contribution in [-0.4, -0.2) is 56.9 Å². The summed E-state index contributed by atoms with van der Waals surface area (Å²) in [5.74, 6) is 1.19. The van der Waals surface area contributed by atoms with Crippen molar-refractivity contribution in [1.29, 1.82) is 0 Å². The average molecular weight is 399 g/mol. The molecule has 2 fully saturated rings. The number of hydrogen-bond acceptors (Lipinski definition) is 6. The summed E-state index contributed by atoms with van der Waals surface area (Å²) in [5.41, 5.74) is 2.53. The summed E-state index contributed by atoms with van der Waals surface area (Å²) >= 11 is 6.09. The number of likely N-dealkylation sites (N-methyl/N-ethyl adjacent to an activating group) is 1. The van der Waals surface area contributed by atoms with Gasteiger partial charge in [0.05, 0.1) is 5.52 Å². The van der Waals surface area contributed by atoms with Crippen LogP contribution < -0.4 is 10.1 Å². The van der Waals surface area contributed by atoms with Crippen molar-refractivity contribution in [3.8, 4) is 17.0 Å². The quantitative estimate of drug-likeness (QED) is 0.710. The average Bonchev–Trinajstić information content (AvgIpc) is 3.42. The number of rotatable bonds is 5. The Kier molecular flexibility index (Phi) is 4.17. The maximum atomic E-state index is 12.0. The van der Waals surface area contributed by atoms with Crippen LogP contribution in [0.15, 0.2) is 30.5 Å². The molecule has 0 radical (unpaired) electrons. The Morgan fingerprint density at radius 3 is 2.82 bits per heavy atom. The van der Waals surface area contributed by atoms with E-state index in [1.165, 1.54) is 0 Å². The lowest BCUT2D eigenvalue weighted by Gasteiger charge is -2.35. The third-order valence-corrected chi connectivity index (χ3v) is 5.20. The number of anilines is 1. The van der Waals surface area contributed by atoms with Gasteiger partial charge in [0.1, 0.15) is 6.10 Å². The number of likely N-dealkylation sites (tertiary alicyclic amines) is 1. The molecule has 0 spiro atoms. The highest BCUT2D eigenvalue weighted by Crippen LogP contribution is 2.33. The van der Waals surface area contributed by atoms with Gasteiger partial charge < -0.3 is 10.1 Å². The van der Waals surface area contributed by atoms with Gasteiger partial charge in [0.15, 0.2) is 11.0 Å². The first kappa shape index (κ1) is 17.4. The summed E-state index contributed by atoms with van der Waals surface area (Å²) in [5, 5.41) is 15.7. The van der Waals surface area contributed by atoms with Crippen LogP contribution in [0.5, 0.6) is 5.88 Å². The van der Waals surface area contributed by atoms with Crippen LogP contribution in [-0.2, 0) is 4.79 Å². The van der Waals surface area contributed by atoms with Gasteiger partial charge in [-0.2, -0.15) is 5.10 Å². The smallest absolute Gasteiger partial charge is 0.241 e. The number of halogens is 1. The van der Waals surface area contributed by atoms with Crippen LogP contribution in [0.4, 0.5) is 5.82 Å². The van der Waals surface area contributed by atoms with Crippen molar-refractivity contribution >= 4 is 28.8 Å². The largest absolute Gasteiger partial charge is 0.470 e. The lowest BCUT2D eigenvalue weighted by atomic mass is 10.1. The predicted octanol–water partition coefficient (Wildman–Crippen LogP) is 2.49. The lowest BCUT2D eigenvalue weighted by molar-refractivity contribution is -0.117. The Balaban J connectivity index is 1.45. The van der Waals surface area contributed by atoms with Crippen LogP contribution in [0.2, 0.25) is 5.15 Å². The van der Waals surface area contributed by atoms with Gasteiger partial charge in [0, 0.05) is 36.8 Å². The Labute approximate surface area is 166 Å². The number of nitrogens with one attached hydrogen (secondary N) is 1. The van der Waals surface area contributed by atoms with E-state index in [2.05, 4.69) is 25.5 Å². The number of ether oxygens (including phenoxy) is 1. The normalized spacial score (nSPS) is 17.5. The Morgan fingerprint density at radius 2 is 2.07 bits per heavy atom. The number of nitrogens with zero attached hydrogens (tertiary/aromatic N) is 5. The van der Waals surface area contributed by atoms with Crippen LogP contribution in [0.1, 0.15) is 12.8 Å². The lowest BCUT2D eigenvalue weighted by Crippen LogP contribution is -2.51. The molecule has 1 aliphatic heterocycles. The molecular formula is C19H19ClN6O2. The van der Waals surface area contributed by atoms with E-state index in [0.29, 0.717) is 16.9 Å².